The summed E-state index contributed by atoms with van der Waals surface area (Å²) >= 11 is 0. The van der Waals surface area contributed by atoms with E-state index < -0.39 is 5.82 Å². The highest BCUT2D eigenvalue weighted by molar-refractivity contribution is 5.99. The summed E-state index contributed by atoms with van der Waals surface area (Å²) < 4.78 is 40.5. The maximum absolute atomic E-state index is 14.8. The van der Waals surface area contributed by atoms with Crippen molar-refractivity contribution in [3.63, 3.8) is 0 Å². The van der Waals surface area contributed by atoms with Crippen molar-refractivity contribution in [2.45, 2.75) is 6.54 Å². The average Bonchev–Trinajstić information content (AvgIpc) is 3.47. The van der Waals surface area contributed by atoms with E-state index in [4.69, 9.17) is 15.2 Å². The van der Waals surface area contributed by atoms with Crippen LogP contribution in [0.25, 0.3) is 28.0 Å². The Labute approximate surface area is 198 Å². The van der Waals surface area contributed by atoms with Gasteiger partial charge in [-0.05, 0) is 54.1 Å². The highest BCUT2D eigenvalue weighted by Gasteiger charge is 2.21. The third-order valence-electron chi connectivity index (χ3n) is 5.66. The molecule has 5 aromatic rings. The van der Waals surface area contributed by atoms with Crippen LogP contribution in [0.2, 0.25) is 0 Å². The van der Waals surface area contributed by atoms with Crippen LogP contribution in [-0.4, -0.2) is 26.5 Å². The van der Waals surface area contributed by atoms with E-state index >= 15 is 0 Å². The van der Waals surface area contributed by atoms with E-state index in [1.54, 1.807) is 30.3 Å². The van der Waals surface area contributed by atoms with E-state index in [0.717, 1.165) is 5.56 Å². The van der Waals surface area contributed by atoms with E-state index in [9.17, 15) is 8.78 Å². The van der Waals surface area contributed by atoms with E-state index in [0.29, 0.717) is 34.8 Å². The van der Waals surface area contributed by atoms with E-state index in [2.05, 4.69) is 20.4 Å². The maximum Gasteiger partial charge on any atom is 0.231 e. The summed E-state index contributed by atoms with van der Waals surface area (Å²) in [5, 5.41) is 8.08. The molecular weight excluding hydrogens is 454 g/mol. The number of fused-ring (bicyclic) bond motifs is 2. The number of halogens is 2. The van der Waals surface area contributed by atoms with Gasteiger partial charge in [0.2, 0.25) is 12.7 Å². The first-order valence-electron chi connectivity index (χ1n) is 10.8. The van der Waals surface area contributed by atoms with Crippen molar-refractivity contribution in [3.8, 4) is 28.4 Å². The Hall–Kier alpha value is -4.73. The molecule has 3 N–H and O–H groups in total. The minimum atomic E-state index is -0.455. The Morgan fingerprint density at radius 1 is 0.943 bits per heavy atom. The Bertz CT molecular complexity index is 1570. The molecule has 1 aliphatic rings. The van der Waals surface area contributed by atoms with Gasteiger partial charge in [0, 0.05) is 12.1 Å². The maximum atomic E-state index is 14.8. The molecule has 0 radical (unpaired) electrons. The second-order valence-corrected chi connectivity index (χ2v) is 7.89. The lowest BCUT2D eigenvalue weighted by atomic mass is 10.1. The van der Waals surface area contributed by atoms with Crippen molar-refractivity contribution in [2.24, 2.45) is 0 Å². The Balaban J connectivity index is 1.44. The van der Waals surface area contributed by atoms with Crippen LogP contribution in [0.1, 0.15) is 5.56 Å². The molecule has 2 aromatic heterocycles. The van der Waals surface area contributed by atoms with Crippen molar-refractivity contribution in [2.75, 3.05) is 17.8 Å². The van der Waals surface area contributed by atoms with Crippen LogP contribution in [0, 0.1) is 11.6 Å². The second-order valence-electron chi connectivity index (χ2n) is 7.89. The molecule has 0 fully saturated rings. The SMILES string of the molecule is Nc1c2c(-c3ccccc3F)nc(NCc3ccc4c(c3)OCO4)nc2nn1-c1ccc(F)cc1. The predicted octanol–water partition coefficient (Wildman–Crippen LogP) is 4.68. The smallest absolute Gasteiger partial charge is 0.231 e. The molecule has 6 rings (SSSR count). The number of aromatic nitrogens is 4. The molecule has 0 saturated carbocycles. The number of nitrogens with two attached hydrogens (primary N) is 1. The zero-order valence-electron chi connectivity index (χ0n) is 18.2. The van der Waals surface area contributed by atoms with Crippen molar-refractivity contribution < 1.29 is 18.3 Å². The fraction of sp³-hybridized carbons (Fsp3) is 0.0800. The number of nitrogen functional groups attached to an aromatic ring is 1. The van der Waals surface area contributed by atoms with Crippen molar-refractivity contribution in [1.29, 1.82) is 0 Å². The summed E-state index contributed by atoms with van der Waals surface area (Å²) in [7, 11) is 0. The molecule has 0 saturated heterocycles. The summed E-state index contributed by atoms with van der Waals surface area (Å²) in [4.78, 5) is 9.11. The van der Waals surface area contributed by atoms with Crippen molar-refractivity contribution in [1.82, 2.24) is 19.7 Å². The van der Waals surface area contributed by atoms with Crippen LogP contribution >= 0.6 is 0 Å². The largest absolute Gasteiger partial charge is 0.454 e. The molecule has 0 atom stereocenters. The predicted molar refractivity (Wildman–Crippen MR) is 126 cm³/mol. The molecule has 0 unspecified atom stereocenters. The lowest BCUT2D eigenvalue weighted by molar-refractivity contribution is 0.174. The first-order valence-corrected chi connectivity index (χ1v) is 10.8. The summed E-state index contributed by atoms with van der Waals surface area (Å²) in [6.07, 6.45) is 0. The number of hydrogen-bond acceptors (Lipinski definition) is 7. The van der Waals surface area contributed by atoms with Gasteiger partial charge in [-0.25, -0.2) is 18.4 Å². The van der Waals surface area contributed by atoms with Gasteiger partial charge in [0.1, 0.15) is 17.5 Å². The molecule has 0 amide bonds. The first-order chi connectivity index (χ1) is 17.1. The third-order valence-corrected chi connectivity index (χ3v) is 5.66. The molecule has 174 valence electrons. The minimum absolute atomic E-state index is 0.191. The zero-order chi connectivity index (χ0) is 23.9. The molecule has 35 heavy (non-hydrogen) atoms. The lowest BCUT2D eigenvalue weighted by Crippen LogP contribution is -2.05. The molecular formula is C25H18F2N6O2. The van der Waals surface area contributed by atoms with Crippen LogP contribution in [0.4, 0.5) is 20.5 Å². The van der Waals surface area contributed by atoms with E-state index in [1.165, 1.54) is 22.9 Å². The van der Waals surface area contributed by atoms with Gasteiger partial charge in [0.05, 0.1) is 16.8 Å². The number of benzene rings is 3. The number of hydrogen-bond donors (Lipinski definition) is 2. The molecule has 8 nitrogen and oxygen atoms in total. The molecule has 0 aliphatic carbocycles. The van der Waals surface area contributed by atoms with Gasteiger partial charge < -0.3 is 20.5 Å². The van der Waals surface area contributed by atoms with Gasteiger partial charge in [0.25, 0.3) is 0 Å². The fourth-order valence-corrected chi connectivity index (χ4v) is 3.95. The van der Waals surface area contributed by atoms with Crippen LogP contribution in [0.5, 0.6) is 11.5 Å². The summed E-state index contributed by atoms with van der Waals surface area (Å²) in [5.41, 5.74) is 8.71. The molecule has 3 aromatic carbocycles. The van der Waals surface area contributed by atoms with Crippen LogP contribution in [-0.2, 0) is 6.54 Å². The Morgan fingerprint density at radius 3 is 2.57 bits per heavy atom. The molecule has 0 bridgehead atoms. The molecule has 0 spiro atoms. The monoisotopic (exact) mass is 472 g/mol. The lowest BCUT2D eigenvalue weighted by Gasteiger charge is -2.10. The van der Waals surface area contributed by atoms with Gasteiger partial charge >= 0.3 is 0 Å². The number of rotatable bonds is 5. The van der Waals surface area contributed by atoms with Gasteiger partial charge in [-0.15, -0.1) is 5.10 Å². The van der Waals surface area contributed by atoms with Gasteiger partial charge in [-0.1, -0.05) is 18.2 Å². The van der Waals surface area contributed by atoms with Gasteiger partial charge in [0.15, 0.2) is 17.1 Å². The van der Waals surface area contributed by atoms with Gasteiger partial charge in [-0.3, -0.25) is 0 Å². The summed E-state index contributed by atoms with van der Waals surface area (Å²) in [5.74, 6) is 0.979. The summed E-state index contributed by atoms with van der Waals surface area (Å²) in [6, 6.07) is 17.6. The highest BCUT2D eigenvalue weighted by atomic mass is 19.1. The van der Waals surface area contributed by atoms with Crippen LogP contribution in [0.15, 0.2) is 66.7 Å². The second kappa shape index (κ2) is 8.24. The van der Waals surface area contributed by atoms with Crippen LogP contribution in [0.3, 0.4) is 0 Å². The number of nitrogens with zero attached hydrogens (tertiary/aromatic N) is 4. The van der Waals surface area contributed by atoms with Crippen molar-refractivity contribution >= 4 is 22.8 Å². The fourth-order valence-electron chi connectivity index (χ4n) is 3.95. The Morgan fingerprint density at radius 2 is 1.74 bits per heavy atom. The standard InChI is InChI=1S/C25H18F2N6O2/c26-15-6-8-16(9-7-15)33-23(28)21-22(17-3-1-2-4-18(17)27)30-25(31-24(21)32-33)29-12-14-5-10-19-20(11-14)35-13-34-19/h1-11H,12-13,28H2,(H,29,31,32). The zero-order valence-corrected chi connectivity index (χ0v) is 18.2. The Kier molecular flexibility index (Phi) is 4.91. The molecule has 3 heterocycles. The van der Waals surface area contributed by atoms with Crippen molar-refractivity contribution in [3.05, 3.63) is 83.9 Å². The average molecular weight is 472 g/mol. The highest BCUT2D eigenvalue weighted by Crippen LogP contribution is 2.35. The summed E-state index contributed by atoms with van der Waals surface area (Å²) in [6.45, 7) is 0.573. The number of ether oxygens (including phenoxy) is 2. The van der Waals surface area contributed by atoms with Crippen LogP contribution < -0.4 is 20.5 Å². The van der Waals surface area contributed by atoms with E-state index in [1.807, 2.05) is 18.2 Å². The van der Waals surface area contributed by atoms with Gasteiger partial charge in [-0.2, -0.15) is 4.98 Å². The topological polar surface area (TPSA) is 100 Å². The molecule has 1 aliphatic heterocycles. The molecule has 10 heteroatoms. The minimum Gasteiger partial charge on any atom is -0.454 e. The number of anilines is 2. The normalized spacial score (nSPS) is 12.3. The van der Waals surface area contributed by atoms with E-state index in [-0.39, 0.29) is 35.6 Å². The number of nitrogens with one attached hydrogen (secondary N) is 1. The third kappa shape index (κ3) is 3.74. The first kappa shape index (κ1) is 20.8. The quantitative estimate of drug-likeness (QED) is 0.383.